The summed E-state index contributed by atoms with van der Waals surface area (Å²) in [7, 11) is 0. The van der Waals surface area contributed by atoms with Crippen molar-refractivity contribution in [3.63, 3.8) is 0 Å². The molecule has 0 heterocycles. The summed E-state index contributed by atoms with van der Waals surface area (Å²) in [6.45, 7) is 22.0. The third-order valence-corrected chi connectivity index (χ3v) is 6.53. The number of fused-ring (bicyclic) bond motifs is 3. The van der Waals surface area contributed by atoms with Crippen molar-refractivity contribution in [2.24, 2.45) is 0 Å². The fourth-order valence-corrected chi connectivity index (χ4v) is 3.83. The highest BCUT2D eigenvalue weighted by molar-refractivity contribution is 5.82. The molecule has 2 aromatic carbocycles. The Bertz CT molecular complexity index is 903. The summed E-state index contributed by atoms with van der Waals surface area (Å²) in [6, 6.07) is 8.83. The van der Waals surface area contributed by atoms with Gasteiger partial charge in [0.25, 0.3) is 0 Å². The predicted octanol–water partition coefficient (Wildman–Crippen LogP) is 8.19. The van der Waals surface area contributed by atoms with Gasteiger partial charge in [-0.15, -0.1) is 0 Å². The molecule has 3 rings (SSSR count). The maximum absolute atomic E-state index is 2.27. The zero-order valence-electron chi connectivity index (χ0n) is 19.0. The van der Waals surface area contributed by atoms with E-state index in [1.165, 1.54) is 61.2 Å². The lowest BCUT2D eigenvalue weighted by Crippen LogP contribution is -1.98. The fraction of sp³-hybridized carbons (Fsp3) is 0.407. The second-order valence-corrected chi connectivity index (χ2v) is 8.44. The van der Waals surface area contributed by atoms with E-state index in [-0.39, 0.29) is 0 Å². The molecule has 0 aromatic heterocycles. The van der Waals surface area contributed by atoms with Gasteiger partial charge in [-0.25, -0.2) is 0 Å². The summed E-state index contributed by atoms with van der Waals surface area (Å²) in [5.41, 5.74) is 17.6. The molecule has 0 heteroatoms. The number of hydrogen-bond acceptors (Lipinski definition) is 0. The van der Waals surface area contributed by atoms with Crippen molar-refractivity contribution in [1.82, 2.24) is 0 Å². The Kier molecular flexibility index (Phi) is 6.52. The largest absolute Gasteiger partial charge is 0.0732 e. The van der Waals surface area contributed by atoms with Gasteiger partial charge < -0.3 is 0 Å². The highest BCUT2D eigenvalue weighted by atomic mass is 14.3. The molecule has 0 radical (unpaired) electrons. The predicted molar refractivity (Wildman–Crippen MR) is 122 cm³/mol. The molecule has 0 fully saturated rings. The monoisotopic (exact) mass is 360 g/mol. The summed E-state index contributed by atoms with van der Waals surface area (Å²) >= 11 is 0. The Morgan fingerprint density at radius 1 is 0.630 bits per heavy atom. The van der Waals surface area contributed by atoms with Gasteiger partial charge in [-0.1, -0.05) is 35.4 Å². The van der Waals surface area contributed by atoms with E-state index in [0.29, 0.717) is 0 Å². The topological polar surface area (TPSA) is 0 Å². The lowest BCUT2D eigenvalue weighted by atomic mass is 9.89. The van der Waals surface area contributed by atoms with E-state index in [0.717, 1.165) is 6.42 Å². The Balaban J connectivity index is 0.000000227. The second-order valence-electron chi connectivity index (χ2n) is 8.44. The SMILES string of the molecule is CC(C)=C(C)C(C)=C(C)C.Cc1c(C)c(C)c2c(c1C)Cc1ccccc1-2. The first kappa shape index (κ1) is 21.2. The summed E-state index contributed by atoms with van der Waals surface area (Å²) in [5, 5.41) is 0. The number of allylic oxidation sites excluding steroid dienone is 4. The third-order valence-electron chi connectivity index (χ3n) is 6.53. The van der Waals surface area contributed by atoms with Crippen LogP contribution in [0.5, 0.6) is 0 Å². The van der Waals surface area contributed by atoms with E-state index >= 15 is 0 Å². The molecule has 1 aliphatic rings. The molecule has 1 aliphatic carbocycles. The van der Waals surface area contributed by atoms with E-state index in [4.69, 9.17) is 0 Å². The standard InChI is InChI=1S/C17H18.C10H18/c1-10-11(2)13(4)17-15-8-6-5-7-14(15)9-16(17)12(10)3;1-7(2)9(5)10(6)8(3)4/h5-8H,9H2,1-4H3;1-6H3. The minimum absolute atomic E-state index is 1.11. The van der Waals surface area contributed by atoms with Crippen LogP contribution in [-0.4, -0.2) is 0 Å². The van der Waals surface area contributed by atoms with Gasteiger partial charge in [0.2, 0.25) is 0 Å². The van der Waals surface area contributed by atoms with Crippen molar-refractivity contribution in [3.8, 4) is 11.1 Å². The molecule has 0 atom stereocenters. The van der Waals surface area contributed by atoms with Crippen LogP contribution in [0.2, 0.25) is 0 Å². The summed E-state index contributed by atoms with van der Waals surface area (Å²) in [4.78, 5) is 0. The van der Waals surface area contributed by atoms with Gasteiger partial charge in [-0.05, 0) is 131 Å². The van der Waals surface area contributed by atoms with Gasteiger partial charge in [0, 0.05) is 0 Å². The highest BCUT2D eigenvalue weighted by Crippen LogP contribution is 2.42. The number of hydrogen-bond donors (Lipinski definition) is 0. The minimum atomic E-state index is 1.11. The zero-order valence-corrected chi connectivity index (χ0v) is 19.0. The molecule has 0 bridgehead atoms. The van der Waals surface area contributed by atoms with Gasteiger partial charge in [0.15, 0.2) is 0 Å². The van der Waals surface area contributed by atoms with E-state index in [2.05, 4.69) is 93.5 Å². The van der Waals surface area contributed by atoms with E-state index < -0.39 is 0 Å². The molecule has 2 aromatic rings. The van der Waals surface area contributed by atoms with E-state index in [9.17, 15) is 0 Å². The molecule has 0 spiro atoms. The number of benzene rings is 2. The third kappa shape index (κ3) is 4.10. The zero-order chi connectivity index (χ0) is 20.5. The maximum Gasteiger partial charge on any atom is -0.00106 e. The Hall–Kier alpha value is -2.08. The van der Waals surface area contributed by atoms with E-state index in [1.54, 1.807) is 5.56 Å². The smallest absolute Gasteiger partial charge is 0.00106 e. The quantitative estimate of drug-likeness (QED) is 0.384. The average molecular weight is 361 g/mol. The molecule has 0 saturated heterocycles. The van der Waals surface area contributed by atoms with E-state index in [1.807, 2.05) is 0 Å². The summed E-state index contributed by atoms with van der Waals surface area (Å²) in [5.74, 6) is 0. The van der Waals surface area contributed by atoms with Crippen molar-refractivity contribution in [3.05, 3.63) is 79.9 Å². The Labute approximate surface area is 167 Å². The summed E-state index contributed by atoms with van der Waals surface area (Å²) in [6.07, 6.45) is 1.11. The van der Waals surface area contributed by atoms with Gasteiger partial charge >= 0.3 is 0 Å². The van der Waals surface area contributed by atoms with Crippen LogP contribution in [-0.2, 0) is 6.42 Å². The molecular weight excluding hydrogens is 324 g/mol. The summed E-state index contributed by atoms with van der Waals surface area (Å²) < 4.78 is 0. The van der Waals surface area contributed by atoms with Crippen LogP contribution >= 0.6 is 0 Å². The molecule has 27 heavy (non-hydrogen) atoms. The van der Waals surface area contributed by atoms with Crippen molar-refractivity contribution < 1.29 is 0 Å². The maximum atomic E-state index is 2.27. The van der Waals surface area contributed by atoms with Gasteiger partial charge in [-0.2, -0.15) is 0 Å². The second kappa shape index (κ2) is 8.30. The fourth-order valence-electron chi connectivity index (χ4n) is 3.83. The first-order chi connectivity index (χ1) is 12.6. The van der Waals surface area contributed by atoms with Crippen LogP contribution in [0, 0.1) is 27.7 Å². The van der Waals surface area contributed by atoms with Crippen LogP contribution in [0.1, 0.15) is 74.9 Å². The Morgan fingerprint density at radius 3 is 1.63 bits per heavy atom. The normalized spacial score (nSPS) is 11.2. The molecule has 144 valence electrons. The van der Waals surface area contributed by atoms with Crippen molar-refractivity contribution in [2.45, 2.75) is 75.7 Å². The van der Waals surface area contributed by atoms with Crippen LogP contribution in [0.25, 0.3) is 11.1 Å². The van der Waals surface area contributed by atoms with Gasteiger partial charge in [0.1, 0.15) is 0 Å². The van der Waals surface area contributed by atoms with Gasteiger partial charge in [0.05, 0.1) is 0 Å². The van der Waals surface area contributed by atoms with Crippen LogP contribution in [0.4, 0.5) is 0 Å². The van der Waals surface area contributed by atoms with Gasteiger partial charge in [-0.3, -0.25) is 0 Å². The first-order valence-corrected chi connectivity index (χ1v) is 10.0. The Morgan fingerprint density at radius 2 is 1.11 bits per heavy atom. The molecule has 0 saturated carbocycles. The molecule has 0 unspecified atom stereocenters. The molecule has 0 nitrogen and oxygen atoms in total. The molecular formula is C27H36. The average Bonchev–Trinajstić information content (AvgIpc) is 3.03. The minimum Gasteiger partial charge on any atom is -0.0732 e. The van der Waals surface area contributed by atoms with Crippen molar-refractivity contribution in [1.29, 1.82) is 0 Å². The van der Waals surface area contributed by atoms with Crippen LogP contribution in [0.3, 0.4) is 0 Å². The lowest BCUT2D eigenvalue weighted by Gasteiger charge is -2.16. The number of rotatable bonds is 1. The van der Waals surface area contributed by atoms with Crippen molar-refractivity contribution in [2.75, 3.05) is 0 Å². The van der Waals surface area contributed by atoms with Crippen LogP contribution in [0.15, 0.2) is 46.6 Å². The van der Waals surface area contributed by atoms with Crippen molar-refractivity contribution >= 4 is 0 Å². The molecule has 0 aliphatic heterocycles. The highest BCUT2D eigenvalue weighted by Gasteiger charge is 2.23. The molecule has 0 amide bonds. The lowest BCUT2D eigenvalue weighted by molar-refractivity contribution is 1.15. The molecule has 0 N–H and O–H groups in total. The van der Waals surface area contributed by atoms with Crippen LogP contribution < -0.4 is 0 Å². The first-order valence-electron chi connectivity index (χ1n) is 10.0.